The lowest BCUT2D eigenvalue weighted by atomic mass is 10.5. The normalized spacial score (nSPS) is 10.7. The van der Waals surface area contributed by atoms with Gasteiger partial charge in [0, 0.05) is 20.3 Å². The molecule has 0 aliphatic carbocycles. The first-order valence-electron chi connectivity index (χ1n) is 6.60. The first-order chi connectivity index (χ1) is 10.3. The molecule has 120 valence electrons. The number of aliphatic imine (C=N–C) groups is 1. The second-order valence-corrected chi connectivity index (χ2v) is 4.19. The summed E-state index contributed by atoms with van der Waals surface area (Å²) in [6.07, 6.45) is 4.92. The maximum atomic E-state index is 5.54. The predicted octanol–water partition coefficient (Wildman–Crippen LogP) is 0.572. The number of aryl methyl sites for hydroxylation is 1. The minimum atomic E-state index is 0. The van der Waals surface area contributed by atoms with E-state index in [1.807, 2.05) is 19.2 Å². The molecule has 0 saturated heterocycles. The van der Waals surface area contributed by atoms with Crippen molar-refractivity contribution in [2.45, 2.75) is 6.54 Å². The van der Waals surface area contributed by atoms with Crippen molar-refractivity contribution in [2.24, 2.45) is 12.0 Å². The fraction of sp³-hybridized carbons (Fsp3) is 0.385. The van der Waals surface area contributed by atoms with E-state index in [1.165, 1.54) is 6.33 Å². The Balaban J connectivity index is 0.00000242. The summed E-state index contributed by atoms with van der Waals surface area (Å²) in [4.78, 5) is 12.2. The lowest BCUT2D eigenvalue weighted by molar-refractivity contribution is 0.320. The Morgan fingerprint density at radius 1 is 1.41 bits per heavy atom. The van der Waals surface area contributed by atoms with E-state index in [0.29, 0.717) is 25.7 Å². The Kier molecular flexibility index (Phi) is 8.18. The number of rotatable bonds is 6. The van der Waals surface area contributed by atoms with Crippen LogP contribution in [0.25, 0.3) is 0 Å². The summed E-state index contributed by atoms with van der Waals surface area (Å²) in [5.74, 6) is 2.28. The standard InChI is InChI=1S/C13H19N7O.HI/c1-14-13(17-9-12-18-10-19-20(12)2)16-6-7-21-11-4-3-5-15-8-11;/h3-5,8,10H,6-7,9H2,1-2H3,(H2,14,16,17);1H. The Hall–Kier alpha value is -1.91. The molecule has 2 rings (SSSR count). The zero-order valence-corrected chi connectivity index (χ0v) is 14.9. The number of halogens is 1. The monoisotopic (exact) mass is 417 g/mol. The highest BCUT2D eigenvalue weighted by Crippen LogP contribution is 2.04. The number of nitrogens with zero attached hydrogens (tertiary/aromatic N) is 5. The van der Waals surface area contributed by atoms with Gasteiger partial charge in [0.15, 0.2) is 5.96 Å². The van der Waals surface area contributed by atoms with Crippen LogP contribution in [0.3, 0.4) is 0 Å². The summed E-state index contributed by atoms with van der Waals surface area (Å²) in [6, 6.07) is 3.71. The third-order valence-corrected chi connectivity index (χ3v) is 2.74. The number of pyridine rings is 1. The number of hydrogen-bond donors (Lipinski definition) is 2. The first-order valence-corrected chi connectivity index (χ1v) is 6.60. The molecule has 0 aliphatic heterocycles. The van der Waals surface area contributed by atoms with Crippen LogP contribution in [-0.2, 0) is 13.6 Å². The molecule has 0 amide bonds. The van der Waals surface area contributed by atoms with Crippen LogP contribution in [0.15, 0.2) is 35.8 Å². The Labute approximate surface area is 146 Å². The molecule has 22 heavy (non-hydrogen) atoms. The summed E-state index contributed by atoms with van der Waals surface area (Å²) in [7, 11) is 3.57. The molecular formula is C13H20IN7O. The van der Waals surface area contributed by atoms with Crippen LogP contribution in [0.2, 0.25) is 0 Å². The van der Waals surface area contributed by atoms with Crippen molar-refractivity contribution in [3.05, 3.63) is 36.7 Å². The second kappa shape index (κ2) is 9.92. The number of guanidine groups is 1. The number of nitrogens with one attached hydrogen (secondary N) is 2. The lowest BCUT2D eigenvalue weighted by Gasteiger charge is -2.12. The van der Waals surface area contributed by atoms with Gasteiger partial charge in [0.2, 0.25) is 0 Å². The molecule has 0 spiro atoms. The molecule has 0 fully saturated rings. The second-order valence-electron chi connectivity index (χ2n) is 4.19. The fourth-order valence-electron chi connectivity index (χ4n) is 1.63. The van der Waals surface area contributed by atoms with Gasteiger partial charge in [-0.1, -0.05) is 0 Å². The van der Waals surface area contributed by atoms with Gasteiger partial charge in [-0.3, -0.25) is 14.7 Å². The van der Waals surface area contributed by atoms with Gasteiger partial charge in [-0.2, -0.15) is 5.10 Å². The van der Waals surface area contributed by atoms with Gasteiger partial charge in [0.1, 0.15) is 24.5 Å². The third-order valence-electron chi connectivity index (χ3n) is 2.74. The van der Waals surface area contributed by atoms with Crippen molar-refractivity contribution >= 4 is 29.9 Å². The molecule has 0 unspecified atom stereocenters. The van der Waals surface area contributed by atoms with Crippen LogP contribution >= 0.6 is 24.0 Å². The van der Waals surface area contributed by atoms with Crippen molar-refractivity contribution < 1.29 is 4.74 Å². The average molecular weight is 417 g/mol. The smallest absolute Gasteiger partial charge is 0.191 e. The zero-order chi connectivity index (χ0) is 14.9. The largest absolute Gasteiger partial charge is 0.490 e. The molecule has 0 bridgehead atoms. The average Bonchev–Trinajstić information content (AvgIpc) is 2.93. The minimum absolute atomic E-state index is 0. The fourth-order valence-corrected chi connectivity index (χ4v) is 1.63. The van der Waals surface area contributed by atoms with Gasteiger partial charge in [-0.05, 0) is 12.1 Å². The van der Waals surface area contributed by atoms with Gasteiger partial charge in [-0.25, -0.2) is 4.98 Å². The molecule has 2 heterocycles. The van der Waals surface area contributed by atoms with E-state index in [1.54, 1.807) is 24.1 Å². The number of aromatic nitrogens is 4. The topological polar surface area (TPSA) is 89.2 Å². The SMILES string of the molecule is CN=C(NCCOc1cccnc1)NCc1ncnn1C.I. The van der Waals surface area contributed by atoms with Crippen molar-refractivity contribution in [1.82, 2.24) is 30.4 Å². The highest BCUT2D eigenvalue weighted by atomic mass is 127. The predicted molar refractivity (Wildman–Crippen MR) is 94.4 cm³/mol. The van der Waals surface area contributed by atoms with E-state index >= 15 is 0 Å². The van der Waals surface area contributed by atoms with Crippen LogP contribution in [0.1, 0.15) is 5.82 Å². The third kappa shape index (κ3) is 5.84. The van der Waals surface area contributed by atoms with E-state index < -0.39 is 0 Å². The summed E-state index contributed by atoms with van der Waals surface area (Å²) in [6.45, 7) is 1.71. The Morgan fingerprint density at radius 2 is 2.27 bits per heavy atom. The van der Waals surface area contributed by atoms with Crippen LogP contribution in [-0.4, -0.2) is 45.9 Å². The molecule has 9 heteroatoms. The van der Waals surface area contributed by atoms with Gasteiger partial charge in [0.05, 0.1) is 19.3 Å². The zero-order valence-electron chi connectivity index (χ0n) is 12.6. The number of hydrogen-bond acceptors (Lipinski definition) is 5. The van der Waals surface area contributed by atoms with E-state index in [4.69, 9.17) is 4.74 Å². The van der Waals surface area contributed by atoms with Crippen LogP contribution in [0.5, 0.6) is 5.75 Å². The molecule has 0 radical (unpaired) electrons. The molecular weight excluding hydrogens is 397 g/mol. The maximum absolute atomic E-state index is 5.54. The highest BCUT2D eigenvalue weighted by Gasteiger charge is 2.02. The summed E-state index contributed by atoms with van der Waals surface area (Å²) >= 11 is 0. The van der Waals surface area contributed by atoms with Crippen molar-refractivity contribution in [3.63, 3.8) is 0 Å². The molecule has 2 N–H and O–H groups in total. The van der Waals surface area contributed by atoms with E-state index in [9.17, 15) is 0 Å². The Bertz CT molecular complexity index is 573. The molecule has 8 nitrogen and oxygen atoms in total. The molecule has 0 aromatic carbocycles. The molecule has 2 aromatic rings. The van der Waals surface area contributed by atoms with Gasteiger partial charge >= 0.3 is 0 Å². The van der Waals surface area contributed by atoms with Crippen molar-refractivity contribution in [2.75, 3.05) is 20.2 Å². The number of ether oxygens (including phenoxy) is 1. The molecule has 0 saturated carbocycles. The van der Waals surface area contributed by atoms with Crippen LogP contribution in [0.4, 0.5) is 0 Å². The molecule has 0 aliphatic rings. The van der Waals surface area contributed by atoms with Crippen molar-refractivity contribution in [3.8, 4) is 5.75 Å². The minimum Gasteiger partial charge on any atom is -0.490 e. The molecule has 0 atom stereocenters. The van der Waals surface area contributed by atoms with Crippen LogP contribution < -0.4 is 15.4 Å². The molecule has 2 aromatic heterocycles. The summed E-state index contributed by atoms with van der Waals surface area (Å²) in [5, 5.41) is 10.3. The quantitative estimate of drug-likeness (QED) is 0.309. The van der Waals surface area contributed by atoms with E-state index in [2.05, 4.69) is 30.7 Å². The van der Waals surface area contributed by atoms with Gasteiger partial charge in [0.25, 0.3) is 0 Å². The van der Waals surface area contributed by atoms with E-state index in [0.717, 1.165) is 11.6 Å². The first kappa shape index (κ1) is 18.1. The van der Waals surface area contributed by atoms with Crippen LogP contribution in [0, 0.1) is 0 Å². The van der Waals surface area contributed by atoms with Gasteiger partial charge < -0.3 is 15.4 Å². The van der Waals surface area contributed by atoms with Crippen molar-refractivity contribution in [1.29, 1.82) is 0 Å². The Morgan fingerprint density at radius 3 is 2.91 bits per heavy atom. The summed E-state index contributed by atoms with van der Waals surface area (Å²) < 4.78 is 7.25. The highest BCUT2D eigenvalue weighted by molar-refractivity contribution is 14.0. The lowest BCUT2D eigenvalue weighted by Crippen LogP contribution is -2.39. The van der Waals surface area contributed by atoms with Gasteiger partial charge in [-0.15, -0.1) is 24.0 Å². The maximum Gasteiger partial charge on any atom is 0.191 e. The summed E-state index contributed by atoms with van der Waals surface area (Å²) in [5.41, 5.74) is 0. The van der Waals surface area contributed by atoms with E-state index in [-0.39, 0.29) is 24.0 Å².